The average molecular weight is 438 g/mol. The first-order chi connectivity index (χ1) is 14.0. The van der Waals surface area contributed by atoms with E-state index in [9.17, 15) is 13.2 Å². The van der Waals surface area contributed by atoms with Crippen LogP contribution in [0.3, 0.4) is 0 Å². The number of carbonyl (C=O) groups excluding carboxylic acids is 1. The van der Waals surface area contributed by atoms with Crippen molar-refractivity contribution in [3.05, 3.63) is 23.8 Å². The van der Waals surface area contributed by atoms with Crippen LogP contribution in [0.2, 0.25) is 0 Å². The molecule has 2 saturated carbocycles. The summed E-state index contributed by atoms with van der Waals surface area (Å²) in [6.45, 7) is 7.25. The molecule has 0 aromatic heterocycles. The normalized spacial score (nSPS) is 27.4. The smallest absolute Gasteiger partial charge is 0.251 e. The van der Waals surface area contributed by atoms with Gasteiger partial charge in [0.05, 0.1) is 12.3 Å². The fraction of sp³-hybridized carbons (Fsp3) is 0.682. The fourth-order valence-electron chi connectivity index (χ4n) is 5.47. The van der Waals surface area contributed by atoms with Gasteiger partial charge in [0.15, 0.2) is 0 Å². The number of fused-ring (bicyclic) bond motifs is 2. The molecule has 3 atom stereocenters. The fourth-order valence-corrected chi connectivity index (χ4v) is 6.84. The summed E-state index contributed by atoms with van der Waals surface area (Å²) in [6, 6.07) is 4.88. The van der Waals surface area contributed by atoms with Gasteiger partial charge in [-0.2, -0.15) is 4.31 Å². The average Bonchev–Trinajstić information content (AvgIpc) is 3.19. The number of nitrogens with one attached hydrogen (secondary N) is 2. The number of hydrogen-bond donors (Lipinski definition) is 2. The van der Waals surface area contributed by atoms with Crippen LogP contribution in [0.15, 0.2) is 23.1 Å². The van der Waals surface area contributed by atoms with Gasteiger partial charge in [0, 0.05) is 39.4 Å². The Hall–Kier alpha value is -1.64. The van der Waals surface area contributed by atoms with Crippen LogP contribution in [0.1, 0.15) is 50.4 Å². The molecule has 2 fully saturated rings. The van der Waals surface area contributed by atoms with Crippen LogP contribution < -0.4 is 10.6 Å². The molecule has 2 aliphatic rings. The van der Waals surface area contributed by atoms with Crippen molar-refractivity contribution in [3.63, 3.8) is 0 Å². The molecule has 1 aromatic carbocycles. The van der Waals surface area contributed by atoms with Gasteiger partial charge in [-0.1, -0.05) is 20.8 Å². The van der Waals surface area contributed by atoms with E-state index < -0.39 is 10.0 Å². The molecule has 2 N–H and O–H groups in total. The van der Waals surface area contributed by atoms with E-state index in [-0.39, 0.29) is 34.2 Å². The second-order valence-electron chi connectivity index (χ2n) is 9.60. The maximum absolute atomic E-state index is 13.2. The highest BCUT2D eigenvalue weighted by molar-refractivity contribution is 7.89. The van der Waals surface area contributed by atoms with E-state index in [0.717, 1.165) is 12.8 Å². The second-order valence-corrected chi connectivity index (χ2v) is 11.6. The van der Waals surface area contributed by atoms with Crippen LogP contribution in [0.5, 0.6) is 0 Å². The highest BCUT2D eigenvalue weighted by Crippen LogP contribution is 2.62. The molecular weight excluding hydrogens is 402 g/mol. The van der Waals surface area contributed by atoms with E-state index in [1.165, 1.54) is 30.9 Å². The van der Waals surface area contributed by atoms with Gasteiger partial charge in [0.1, 0.15) is 4.90 Å². The summed E-state index contributed by atoms with van der Waals surface area (Å²) in [4.78, 5) is 13.3. The molecule has 0 saturated heterocycles. The zero-order valence-corrected chi connectivity index (χ0v) is 19.7. The summed E-state index contributed by atoms with van der Waals surface area (Å²) in [5.74, 6) is 0.394. The maximum Gasteiger partial charge on any atom is 0.251 e. The molecule has 168 valence electrons. The van der Waals surface area contributed by atoms with Crippen molar-refractivity contribution in [2.75, 3.05) is 39.7 Å². The van der Waals surface area contributed by atoms with Gasteiger partial charge in [-0.05, 0) is 54.2 Å². The Morgan fingerprint density at radius 2 is 2.00 bits per heavy atom. The topological polar surface area (TPSA) is 87.7 Å². The molecular formula is C22H35N3O4S. The zero-order valence-electron chi connectivity index (χ0n) is 18.9. The third-order valence-electron chi connectivity index (χ3n) is 7.36. The minimum absolute atomic E-state index is 0.0306. The van der Waals surface area contributed by atoms with Crippen LogP contribution >= 0.6 is 0 Å². The quantitative estimate of drug-likeness (QED) is 0.653. The monoisotopic (exact) mass is 437 g/mol. The Morgan fingerprint density at radius 1 is 1.30 bits per heavy atom. The van der Waals surface area contributed by atoms with Gasteiger partial charge in [-0.3, -0.25) is 4.79 Å². The summed E-state index contributed by atoms with van der Waals surface area (Å²) in [6.07, 6.45) is 3.46. The van der Waals surface area contributed by atoms with E-state index in [0.29, 0.717) is 23.8 Å². The van der Waals surface area contributed by atoms with Crippen LogP contribution in [-0.4, -0.2) is 59.0 Å². The molecule has 0 aliphatic heterocycles. The number of methoxy groups -OCH3 is 1. The summed E-state index contributed by atoms with van der Waals surface area (Å²) in [7, 11) is 0.942. The number of amides is 1. The first-order valence-corrected chi connectivity index (χ1v) is 12.0. The Morgan fingerprint density at radius 3 is 2.57 bits per heavy atom. The molecule has 0 spiro atoms. The molecule has 2 unspecified atom stereocenters. The predicted octanol–water partition coefficient (Wildman–Crippen LogP) is 2.94. The summed E-state index contributed by atoms with van der Waals surface area (Å²) in [5.41, 5.74) is 0.949. The molecule has 7 nitrogen and oxygen atoms in total. The van der Waals surface area contributed by atoms with Crippen LogP contribution in [-0.2, 0) is 14.8 Å². The number of benzene rings is 1. The lowest BCUT2D eigenvalue weighted by Gasteiger charge is -2.43. The van der Waals surface area contributed by atoms with Gasteiger partial charge >= 0.3 is 0 Å². The van der Waals surface area contributed by atoms with Gasteiger partial charge in [-0.15, -0.1) is 0 Å². The highest BCUT2D eigenvalue weighted by atomic mass is 32.2. The van der Waals surface area contributed by atoms with Crippen LogP contribution in [0, 0.1) is 16.7 Å². The number of likely N-dealkylation sites (N-methyl/N-ethyl adjacent to an activating group) is 1. The van der Waals surface area contributed by atoms with E-state index >= 15 is 0 Å². The second kappa shape index (κ2) is 8.13. The number of hydrogen-bond acceptors (Lipinski definition) is 5. The molecule has 1 aromatic rings. The Kier molecular flexibility index (Phi) is 6.24. The molecule has 0 radical (unpaired) electrons. The lowest BCUT2D eigenvalue weighted by Crippen LogP contribution is -2.52. The standard InChI is InChI=1S/C22H35N3O4S/c1-21(2)16-9-10-22(3,14-16)20(21)24-19(26)15-7-8-17(23-4)18(13-15)30(27,28)25(5)11-12-29-6/h7-8,13,16,20,23H,9-12,14H2,1-6H3,(H,24,26)/t16-,20?,22?/m1/s1. The molecule has 1 amide bonds. The minimum atomic E-state index is -3.77. The lowest BCUT2D eigenvalue weighted by molar-refractivity contribution is 0.0737. The summed E-state index contributed by atoms with van der Waals surface area (Å²) < 4.78 is 32.4. The van der Waals surface area contributed by atoms with Crippen molar-refractivity contribution in [2.24, 2.45) is 16.7 Å². The third-order valence-corrected chi connectivity index (χ3v) is 9.25. The number of ether oxygens (including phenoxy) is 1. The SMILES string of the molecule is CNc1ccc(C(=O)NC2C3(C)CC[C@H](C3)C2(C)C)cc1S(=O)(=O)N(C)CCOC. The van der Waals surface area contributed by atoms with Crippen molar-refractivity contribution in [3.8, 4) is 0 Å². The first-order valence-electron chi connectivity index (χ1n) is 10.6. The van der Waals surface area contributed by atoms with Crippen molar-refractivity contribution in [1.29, 1.82) is 0 Å². The van der Waals surface area contributed by atoms with Crippen LogP contribution in [0.4, 0.5) is 5.69 Å². The number of sulfonamides is 1. The van der Waals surface area contributed by atoms with Gasteiger partial charge in [0.2, 0.25) is 10.0 Å². The number of rotatable bonds is 8. The Balaban J connectivity index is 1.89. The first kappa shape index (κ1) is 23.0. The van der Waals surface area contributed by atoms with E-state index in [1.807, 2.05) is 0 Å². The molecule has 0 heterocycles. The van der Waals surface area contributed by atoms with Crippen LogP contribution in [0.25, 0.3) is 0 Å². The lowest BCUT2D eigenvalue weighted by atomic mass is 9.68. The molecule has 3 rings (SSSR count). The van der Waals surface area contributed by atoms with Crippen molar-refractivity contribution in [2.45, 2.75) is 51.0 Å². The van der Waals surface area contributed by atoms with E-state index in [2.05, 4.69) is 31.4 Å². The van der Waals surface area contributed by atoms with Crippen molar-refractivity contribution >= 4 is 21.6 Å². The maximum atomic E-state index is 13.2. The van der Waals surface area contributed by atoms with Gasteiger partial charge < -0.3 is 15.4 Å². The molecule has 8 heteroatoms. The predicted molar refractivity (Wildman–Crippen MR) is 118 cm³/mol. The van der Waals surface area contributed by atoms with E-state index in [1.54, 1.807) is 19.2 Å². The molecule has 2 bridgehead atoms. The summed E-state index contributed by atoms with van der Waals surface area (Å²) >= 11 is 0. The summed E-state index contributed by atoms with van der Waals surface area (Å²) in [5, 5.41) is 6.17. The highest BCUT2D eigenvalue weighted by Gasteiger charge is 2.59. The minimum Gasteiger partial charge on any atom is -0.387 e. The van der Waals surface area contributed by atoms with E-state index in [4.69, 9.17) is 4.74 Å². The van der Waals surface area contributed by atoms with Crippen molar-refractivity contribution < 1.29 is 17.9 Å². The number of nitrogens with zero attached hydrogens (tertiary/aromatic N) is 1. The van der Waals surface area contributed by atoms with Crippen molar-refractivity contribution in [1.82, 2.24) is 9.62 Å². The molecule has 2 aliphatic carbocycles. The Bertz CT molecular complexity index is 910. The van der Waals surface area contributed by atoms with Gasteiger partial charge in [0.25, 0.3) is 5.91 Å². The zero-order chi connectivity index (χ0) is 22.3. The number of carbonyl (C=O) groups is 1. The third kappa shape index (κ3) is 3.85. The Labute approximate surface area is 180 Å². The largest absolute Gasteiger partial charge is 0.387 e. The number of anilines is 1. The molecule has 30 heavy (non-hydrogen) atoms. The van der Waals surface area contributed by atoms with Gasteiger partial charge in [-0.25, -0.2) is 8.42 Å².